The van der Waals surface area contributed by atoms with Crippen LogP contribution in [0.5, 0.6) is 0 Å². The molecule has 25 heavy (non-hydrogen) atoms. The van der Waals surface area contributed by atoms with Crippen LogP contribution in [0.1, 0.15) is 36.3 Å². The lowest BCUT2D eigenvalue weighted by Gasteiger charge is -2.11. The molecule has 0 saturated carbocycles. The molecular formula is C20H19ClO4. The minimum atomic E-state index is -0.912. The van der Waals surface area contributed by atoms with E-state index >= 15 is 0 Å². The number of hydrogen-bond acceptors (Lipinski definition) is 4. The smallest absolute Gasteiger partial charge is 0.306 e. The molecule has 0 fully saturated rings. The fourth-order valence-electron chi connectivity index (χ4n) is 2.87. The van der Waals surface area contributed by atoms with E-state index in [1.54, 1.807) is 25.1 Å². The Morgan fingerprint density at radius 1 is 1.24 bits per heavy atom. The van der Waals surface area contributed by atoms with Crippen LogP contribution >= 0.6 is 11.6 Å². The van der Waals surface area contributed by atoms with E-state index in [2.05, 4.69) is 0 Å². The van der Waals surface area contributed by atoms with Crippen molar-refractivity contribution in [3.05, 3.63) is 70.4 Å². The molecule has 3 rings (SSSR count). The molecule has 0 aliphatic heterocycles. The Morgan fingerprint density at radius 3 is 2.72 bits per heavy atom. The van der Waals surface area contributed by atoms with Gasteiger partial charge in [0, 0.05) is 22.4 Å². The van der Waals surface area contributed by atoms with Crippen molar-refractivity contribution >= 4 is 28.5 Å². The lowest BCUT2D eigenvalue weighted by molar-refractivity contribution is -0.143. The third-order valence-electron chi connectivity index (χ3n) is 4.03. The predicted octanol–water partition coefficient (Wildman–Crippen LogP) is 4.66. The molecule has 1 heterocycles. The second-order valence-corrected chi connectivity index (χ2v) is 6.14. The summed E-state index contributed by atoms with van der Waals surface area (Å²) in [5, 5.41) is 12.2. The summed E-state index contributed by atoms with van der Waals surface area (Å²) < 4.78 is 10.9. The molecule has 5 heteroatoms. The first-order valence-electron chi connectivity index (χ1n) is 8.19. The summed E-state index contributed by atoms with van der Waals surface area (Å²) in [6.07, 6.45) is -0.292. The van der Waals surface area contributed by atoms with Gasteiger partial charge in [-0.15, -0.1) is 0 Å². The molecular weight excluding hydrogens is 340 g/mol. The average molecular weight is 359 g/mol. The molecule has 1 atom stereocenters. The first-order valence-corrected chi connectivity index (χ1v) is 8.57. The highest BCUT2D eigenvalue weighted by atomic mass is 35.5. The number of hydrogen-bond donors (Lipinski definition) is 1. The SMILES string of the molecule is CCOC(=O)CCc1c(C(O)c2ccccc2)oc2ccc(Cl)cc12. The number of halogens is 1. The number of ether oxygens (including phenoxy) is 1. The topological polar surface area (TPSA) is 59.7 Å². The largest absolute Gasteiger partial charge is 0.466 e. The standard InChI is InChI=1S/C20H19ClO4/c1-2-24-18(22)11-9-15-16-12-14(21)8-10-17(16)25-20(15)19(23)13-6-4-3-5-7-13/h3-8,10,12,19,23H,2,9,11H2,1H3. The molecule has 3 aromatic rings. The van der Waals surface area contributed by atoms with Crippen LogP contribution < -0.4 is 0 Å². The molecule has 0 aliphatic rings. The fourth-order valence-corrected chi connectivity index (χ4v) is 3.04. The molecule has 0 radical (unpaired) electrons. The van der Waals surface area contributed by atoms with Gasteiger partial charge in [-0.25, -0.2) is 0 Å². The van der Waals surface area contributed by atoms with Crippen LogP contribution in [-0.4, -0.2) is 17.7 Å². The second kappa shape index (κ2) is 7.72. The lowest BCUT2D eigenvalue weighted by atomic mass is 9.99. The zero-order valence-electron chi connectivity index (χ0n) is 13.9. The Hall–Kier alpha value is -2.30. The molecule has 1 aromatic heterocycles. The summed E-state index contributed by atoms with van der Waals surface area (Å²) in [4.78, 5) is 11.8. The number of rotatable bonds is 6. The van der Waals surface area contributed by atoms with Crippen molar-refractivity contribution in [3.8, 4) is 0 Å². The normalized spacial score (nSPS) is 12.3. The van der Waals surface area contributed by atoms with E-state index in [1.165, 1.54) is 0 Å². The molecule has 0 saturated heterocycles. The minimum absolute atomic E-state index is 0.212. The van der Waals surface area contributed by atoms with Crippen LogP contribution in [0, 0.1) is 0 Å². The van der Waals surface area contributed by atoms with Gasteiger partial charge in [-0.2, -0.15) is 0 Å². The number of esters is 1. The number of aliphatic hydroxyl groups is 1. The molecule has 1 unspecified atom stereocenters. The van der Waals surface area contributed by atoms with Gasteiger partial charge < -0.3 is 14.3 Å². The second-order valence-electron chi connectivity index (χ2n) is 5.70. The van der Waals surface area contributed by atoms with Crippen LogP contribution in [0.15, 0.2) is 52.9 Å². The molecule has 0 spiro atoms. The maximum absolute atomic E-state index is 11.8. The molecule has 0 aliphatic carbocycles. The molecule has 0 bridgehead atoms. The Labute approximate surface area is 151 Å². The van der Waals surface area contributed by atoms with E-state index in [1.807, 2.05) is 30.3 Å². The van der Waals surface area contributed by atoms with Crippen LogP contribution in [0.3, 0.4) is 0 Å². The van der Waals surface area contributed by atoms with Gasteiger partial charge in [0.1, 0.15) is 17.4 Å². The zero-order valence-corrected chi connectivity index (χ0v) is 14.6. The van der Waals surface area contributed by atoms with Gasteiger partial charge in [-0.1, -0.05) is 41.9 Å². The summed E-state index contributed by atoms with van der Waals surface area (Å²) in [7, 11) is 0. The van der Waals surface area contributed by atoms with Crippen molar-refractivity contribution in [2.75, 3.05) is 6.61 Å². The van der Waals surface area contributed by atoms with Crippen LogP contribution in [0.2, 0.25) is 5.02 Å². The highest BCUT2D eigenvalue weighted by Crippen LogP contribution is 2.35. The summed E-state index contributed by atoms with van der Waals surface area (Å²) >= 11 is 6.11. The van der Waals surface area contributed by atoms with Gasteiger partial charge >= 0.3 is 5.97 Å². The number of aliphatic hydroxyl groups excluding tert-OH is 1. The number of furan rings is 1. The van der Waals surface area contributed by atoms with Crippen LogP contribution in [0.25, 0.3) is 11.0 Å². The van der Waals surface area contributed by atoms with Gasteiger partial charge in [-0.05, 0) is 37.1 Å². The molecule has 1 N–H and O–H groups in total. The summed E-state index contributed by atoms with van der Waals surface area (Å²) in [6.45, 7) is 2.12. The molecule has 130 valence electrons. The van der Waals surface area contributed by atoms with Gasteiger partial charge in [-0.3, -0.25) is 4.79 Å². The van der Waals surface area contributed by atoms with E-state index in [0.717, 1.165) is 16.5 Å². The van der Waals surface area contributed by atoms with E-state index < -0.39 is 6.10 Å². The van der Waals surface area contributed by atoms with Gasteiger partial charge in [0.05, 0.1) is 6.61 Å². The van der Waals surface area contributed by atoms with Gasteiger partial charge in [0.15, 0.2) is 0 Å². The maximum Gasteiger partial charge on any atom is 0.306 e. The average Bonchev–Trinajstić information content (AvgIpc) is 2.98. The van der Waals surface area contributed by atoms with Crippen LogP contribution in [-0.2, 0) is 16.0 Å². The summed E-state index contributed by atoms with van der Waals surface area (Å²) in [5.41, 5.74) is 2.14. The van der Waals surface area contributed by atoms with E-state index in [-0.39, 0.29) is 12.4 Å². The van der Waals surface area contributed by atoms with Crippen molar-refractivity contribution in [2.45, 2.75) is 25.9 Å². The number of fused-ring (bicyclic) bond motifs is 1. The Balaban J connectivity index is 2.01. The molecule has 0 amide bonds. The highest BCUT2D eigenvalue weighted by molar-refractivity contribution is 6.31. The van der Waals surface area contributed by atoms with Crippen molar-refractivity contribution < 1.29 is 19.1 Å². The molecule has 2 aromatic carbocycles. The lowest BCUT2D eigenvalue weighted by Crippen LogP contribution is -2.07. The quantitative estimate of drug-likeness (QED) is 0.651. The Morgan fingerprint density at radius 2 is 2.00 bits per heavy atom. The summed E-state index contributed by atoms with van der Waals surface area (Å²) in [5.74, 6) is 0.159. The monoisotopic (exact) mass is 358 g/mol. The number of carbonyl (C=O) groups excluding carboxylic acids is 1. The third kappa shape index (κ3) is 3.86. The fraction of sp³-hybridized carbons (Fsp3) is 0.250. The van der Waals surface area contributed by atoms with Crippen molar-refractivity contribution in [3.63, 3.8) is 0 Å². The Kier molecular flexibility index (Phi) is 5.41. The third-order valence-corrected chi connectivity index (χ3v) is 4.27. The first kappa shape index (κ1) is 17.5. The summed E-state index contributed by atoms with van der Waals surface area (Å²) in [6, 6.07) is 14.6. The predicted molar refractivity (Wildman–Crippen MR) is 96.7 cm³/mol. The number of benzene rings is 2. The van der Waals surface area contributed by atoms with Crippen LogP contribution in [0.4, 0.5) is 0 Å². The van der Waals surface area contributed by atoms with Crippen molar-refractivity contribution in [1.29, 1.82) is 0 Å². The minimum Gasteiger partial charge on any atom is -0.466 e. The van der Waals surface area contributed by atoms with Gasteiger partial charge in [0.25, 0.3) is 0 Å². The highest BCUT2D eigenvalue weighted by Gasteiger charge is 2.23. The van der Waals surface area contributed by atoms with E-state index in [4.69, 9.17) is 20.8 Å². The van der Waals surface area contributed by atoms with E-state index in [0.29, 0.717) is 29.4 Å². The van der Waals surface area contributed by atoms with Crippen molar-refractivity contribution in [2.24, 2.45) is 0 Å². The van der Waals surface area contributed by atoms with E-state index in [9.17, 15) is 9.90 Å². The zero-order chi connectivity index (χ0) is 17.8. The Bertz CT molecular complexity index is 870. The molecule has 4 nitrogen and oxygen atoms in total. The maximum atomic E-state index is 11.8. The van der Waals surface area contributed by atoms with Gasteiger partial charge in [0.2, 0.25) is 0 Å². The van der Waals surface area contributed by atoms with Crippen molar-refractivity contribution in [1.82, 2.24) is 0 Å². The first-order chi connectivity index (χ1) is 12.1. The number of aryl methyl sites for hydroxylation is 1. The number of carbonyl (C=O) groups is 1.